The van der Waals surface area contributed by atoms with Gasteiger partial charge in [-0.25, -0.2) is 4.98 Å². The van der Waals surface area contributed by atoms with Gasteiger partial charge < -0.3 is 10.5 Å². The number of nitrogen functional groups attached to an aromatic ring is 1. The molecule has 0 spiro atoms. The fourth-order valence-electron chi connectivity index (χ4n) is 1.15. The van der Waals surface area contributed by atoms with Crippen molar-refractivity contribution < 1.29 is 4.74 Å². The highest BCUT2D eigenvalue weighted by atomic mass is 79.9. The van der Waals surface area contributed by atoms with Crippen molar-refractivity contribution in [3.05, 3.63) is 45.5 Å². The van der Waals surface area contributed by atoms with Gasteiger partial charge in [-0.15, -0.1) is 0 Å². The topological polar surface area (TPSA) is 48.1 Å². The fraction of sp³-hybridized carbons (Fsp3) is 0. The highest BCUT2D eigenvalue weighted by molar-refractivity contribution is 9.11. The Hall–Kier alpha value is -1.07. The Morgan fingerprint density at radius 1 is 1.12 bits per heavy atom. The number of hydrogen-bond acceptors (Lipinski definition) is 3. The molecule has 16 heavy (non-hydrogen) atoms. The first kappa shape index (κ1) is 11.4. The Balaban J connectivity index is 2.31. The molecule has 0 atom stereocenters. The second kappa shape index (κ2) is 4.84. The first-order chi connectivity index (χ1) is 7.66. The molecule has 2 aromatic rings. The van der Waals surface area contributed by atoms with Crippen molar-refractivity contribution in [3.8, 4) is 11.6 Å². The van der Waals surface area contributed by atoms with E-state index in [0.29, 0.717) is 17.3 Å². The summed E-state index contributed by atoms with van der Waals surface area (Å²) < 4.78 is 7.24. The van der Waals surface area contributed by atoms with E-state index in [0.717, 1.165) is 8.95 Å². The minimum Gasteiger partial charge on any atom is -0.437 e. The van der Waals surface area contributed by atoms with Gasteiger partial charge in [-0.1, -0.05) is 12.1 Å². The number of anilines is 1. The first-order valence-electron chi connectivity index (χ1n) is 4.50. The maximum Gasteiger partial charge on any atom is 0.233 e. The summed E-state index contributed by atoms with van der Waals surface area (Å²) in [5.41, 5.74) is 6.18. The molecule has 0 radical (unpaired) electrons. The fourth-order valence-corrected chi connectivity index (χ4v) is 1.96. The van der Waals surface area contributed by atoms with E-state index in [9.17, 15) is 0 Å². The highest BCUT2D eigenvalue weighted by Gasteiger charge is 2.06. The molecule has 2 N–H and O–H groups in total. The van der Waals surface area contributed by atoms with Crippen molar-refractivity contribution >= 4 is 37.5 Å². The van der Waals surface area contributed by atoms with Gasteiger partial charge in [-0.2, -0.15) is 0 Å². The van der Waals surface area contributed by atoms with Gasteiger partial charge in [0.15, 0.2) is 0 Å². The van der Waals surface area contributed by atoms with Crippen LogP contribution in [0.25, 0.3) is 0 Å². The summed E-state index contributed by atoms with van der Waals surface area (Å²) in [4.78, 5) is 4.10. The summed E-state index contributed by atoms with van der Waals surface area (Å²) in [6.45, 7) is 0. The van der Waals surface area contributed by atoms with Crippen LogP contribution in [0.15, 0.2) is 45.5 Å². The number of para-hydroxylation sites is 1. The van der Waals surface area contributed by atoms with E-state index >= 15 is 0 Å². The van der Waals surface area contributed by atoms with E-state index in [4.69, 9.17) is 10.5 Å². The van der Waals surface area contributed by atoms with Crippen LogP contribution in [0.4, 0.5) is 5.69 Å². The molecule has 0 fully saturated rings. The van der Waals surface area contributed by atoms with E-state index in [1.54, 1.807) is 12.3 Å². The van der Waals surface area contributed by atoms with Crippen molar-refractivity contribution in [2.75, 3.05) is 5.73 Å². The lowest BCUT2D eigenvalue weighted by atomic mass is 10.3. The molecule has 0 aliphatic heterocycles. The van der Waals surface area contributed by atoms with Crippen molar-refractivity contribution in [1.29, 1.82) is 0 Å². The van der Waals surface area contributed by atoms with Gasteiger partial charge in [0.05, 0.1) is 20.8 Å². The van der Waals surface area contributed by atoms with Crippen molar-refractivity contribution in [2.24, 2.45) is 0 Å². The van der Waals surface area contributed by atoms with Gasteiger partial charge in [0, 0.05) is 0 Å². The molecule has 0 aliphatic carbocycles. The molecule has 1 heterocycles. The molecule has 2 rings (SSSR count). The normalized spacial score (nSPS) is 10.1. The van der Waals surface area contributed by atoms with Gasteiger partial charge >= 0.3 is 0 Å². The number of hydrogen-bond donors (Lipinski definition) is 1. The molecule has 0 aliphatic rings. The number of aromatic nitrogens is 1. The smallest absolute Gasteiger partial charge is 0.233 e. The molecule has 0 amide bonds. The van der Waals surface area contributed by atoms with Gasteiger partial charge in [0.2, 0.25) is 5.88 Å². The zero-order valence-electron chi connectivity index (χ0n) is 8.15. The lowest BCUT2D eigenvalue weighted by Crippen LogP contribution is -1.92. The van der Waals surface area contributed by atoms with Crippen LogP contribution < -0.4 is 10.5 Å². The summed E-state index contributed by atoms with van der Waals surface area (Å²) in [5.74, 6) is 1.20. The lowest BCUT2D eigenvalue weighted by molar-refractivity contribution is 0.457. The average Bonchev–Trinajstić information content (AvgIpc) is 2.25. The quantitative estimate of drug-likeness (QED) is 0.897. The summed E-state index contributed by atoms with van der Waals surface area (Å²) in [7, 11) is 0. The minimum absolute atomic E-state index is 0.487. The number of rotatable bonds is 2. The Bertz CT molecular complexity index is 517. The third-order valence-electron chi connectivity index (χ3n) is 1.87. The molecule has 0 saturated carbocycles. The molecule has 0 bridgehead atoms. The van der Waals surface area contributed by atoms with Crippen LogP contribution in [0.3, 0.4) is 0 Å². The summed E-state index contributed by atoms with van der Waals surface area (Å²) >= 11 is 6.75. The molecule has 1 aromatic heterocycles. The number of nitrogens with zero attached hydrogens (tertiary/aromatic N) is 1. The third-order valence-corrected chi connectivity index (χ3v) is 3.10. The monoisotopic (exact) mass is 342 g/mol. The third kappa shape index (κ3) is 2.54. The standard InChI is InChI=1S/C11H8Br2N2O/c12-8-3-1-2-4-10(8)16-11-9(13)5-7(14)6-15-11/h1-6H,14H2. The van der Waals surface area contributed by atoms with Gasteiger partial charge in [-0.3, -0.25) is 0 Å². The maximum atomic E-state index is 5.63. The van der Waals surface area contributed by atoms with Crippen molar-refractivity contribution in [1.82, 2.24) is 4.98 Å². The van der Waals surface area contributed by atoms with Crippen LogP contribution in [0.1, 0.15) is 0 Å². The number of benzene rings is 1. The Morgan fingerprint density at radius 3 is 2.56 bits per heavy atom. The maximum absolute atomic E-state index is 5.63. The Kier molecular flexibility index (Phi) is 3.46. The number of halogens is 2. The average molecular weight is 344 g/mol. The predicted molar refractivity (Wildman–Crippen MR) is 70.6 cm³/mol. The lowest BCUT2D eigenvalue weighted by Gasteiger charge is -2.08. The molecule has 82 valence electrons. The molecular formula is C11H8Br2N2O. The van der Waals surface area contributed by atoms with E-state index in [2.05, 4.69) is 36.8 Å². The predicted octanol–water partition coefficient (Wildman–Crippen LogP) is 3.98. The van der Waals surface area contributed by atoms with Crippen LogP contribution in [0.5, 0.6) is 11.6 Å². The second-order valence-corrected chi connectivity index (χ2v) is 4.80. The summed E-state index contributed by atoms with van der Waals surface area (Å²) in [6, 6.07) is 9.32. The molecule has 5 heteroatoms. The Labute approximate surface area is 110 Å². The Morgan fingerprint density at radius 2 is 1.88 bits per heavy atom. The van der Waals surface area contributed by atoms with Crippen molar-refractivity contribution in [3.63, 3.8) is 0 Å². The second-order valence-electron chi connectivity index (χ2n) is 3.09. The number of ether oxygens (including phenoxy) is 1. The SMILES string of the molecule is Nc1cnc(Oc2ccccc2Br)c(Br)c1. The van der Waals surface area contributed by atoms with Crippen LogP contribution in [-0.4, -0.2) is 4.98 Å². The molecule has 0 unspecified atom stereocenters. The van der Waals surface area contributed by atoms with Gasteiger partial charge in [0.1, 0.15) is 5.75 Å². The van der Waals surface area contributed by atoms with Crippen molar-refractivity contribution in [2.45, 2.75) is 0 Å². The van der Waals surface area contributed by atoms with Gasteiger partial charge in [0.25, 0.3) is 0 Å². The van der Waals surface area contributed by atoms with Gasteiger partial charge in [-0.05, 0) is 50.1 Å². The largest absolute Gasteiger partial charge is 0.437 e. The van der Waals surface area contributed by atoms with Crippen LogP contribution >= 0.6 is 31.9 Å². The number of nitrogens with two attached hydrogens (primary N) is 1. The molecule has 1 aromatic carbocycles. The summed E-state index contributed by atoms with van der Waals surface area (Å²) in [5, 5.41) is 0. The zero-order valence-corrected chi connectivity index (χ0v) is 11.3. The van der Waals surface area contributed by atoms with E-state index in [1.165, 1.54) is 0 Å². The summed E-state index contributed by atoms with van der Waals surface area (Å²) in [6.07, 6.45) is 1.55. The highest BCUT2D eigenvalue weighted by Crippen LogP contribution is 2.32. The molecular weight excluding hydrogens is 336 g/mol. The van der Waals surface area contributed by atoms with Crippen LogP contribution in [-0.2, 0) is 0 Å². The number of pyridine rings is 1. The van der Waals surface area contributed by atoms with Crippen LogP contribution in [0.2, 0.25) is 0 Å². The van der Waals surface area contributed by atoms with E-state index < -0.39 is 0 Å². The molecule has 3 nitrogen and oxygen atoms in total. The zero-order chi connectivity index (χ0) is 11.5. The molecule has 0 saturated heterocycles. The van der Waals surface area contributed by atoms with E-state index in [1.807, 2.05) is 24.3 Å². The van der Waals surface area contributed by atoms with E-state index in [-0.39, 0.29) is 0 Å². The first-order valence-corrected chi connectivity index (χ1v) is 6.09. The minimum atomic E-state index is 0.487. The van der Waals surface area contributed by atoms with Crippen LogP contribution in [0, 0.1) is 0 Å².